The molecule has 0 radical (unpaired) electrons. The molecule has 0 unspecified atom stereocenters. The molecule has 16 heavy (non-hydrogen) atoms. The lowest BCUT2D eigenvalue weighted by Crippen LogP contribution is -2.16. The zero-order chi connectivity index (χ0) is 12.0. The Morgan fingerprint density at radius 3 is 2.94 bits per heavy atom. The molecule has 5 N–H and O–H groups in total. The Bertz CT molecular complexity index is 369. The Hall–Kier alpha value is -1.89. The summed E-state index contributed by atoms with van der Waals surface area (Å²) in [5, 5.41) is 2.93. The number of methoxy groups -OCH3 is 1. The van der Waals surface area contributed by atoms with Crippen molar-refractivity contribution in [2.24, 2.45) is 5.73 Å². The number of primary amides is 1. The van der Waals surface area contributed by atoms with Gasteiger partial charge in [-0.05, 0) is 0 Å². The molecule has 0 spiro atoms. The first-order chi connectivity index (χ1) is 7.61. The Morgan fingerprint density at radius 1 is 1.56 bits per heavy atom. The van der Waals surface area contributed by atoms with Crippen LogP contribution in [0.3, 0.4) is 0 Å². The highest BCUT2D eigenvalue weighted by Crippen LogP contribution is 2.08. The molecule has 1 amide bonds. The van der Waals surface area contributed by atoms with E-state index in [1.807, 2.05) is 0 Å². The number of carbonyl (C=O) groups excluding carboxylic acids is 1. The summed E-state index contributed by atoms with van der Waals surface area (Å²) in [5.41, 5.74) is 10.6. The highest BCUT2D eigenvalue weighted by atomic mass is 16.5. The number of nitrogens with one attached hydrogen (secondary N) is 1. The topological polar surface area (TPSA) is 116 Å². The van der Waals surface area contributed by atoms with Crippen LogP contribution in [0.5, 0.6) is 0 Å². The van der Waals surface area contributed by atoms with Crippen LogP contribution in [-0.2, 0) is 16.1 Å². The standard InChI is InChI=1S/C9H15N5O2/c1-16-5-9-13-6(10)4-8(14-9)12-3-2-7(11)15/h4H,2-3,5H2,1H3,(H2,11,15)(H3,10,12,13,14). The second-order valence-corrected chi connectivity index (χ2v) is 3.17. The van der Waals surface area contributed by atoms with Gasteiger partial charge >= 0.3 is 0 Å². The monoisotopic (exact) mass is 225 g/mol. The van der Waals surface area contributed by atoms with Crippen molar-refractivity contribution in [2.45, 2.75) is 13.0 Å². The van der Waals surface area contributed by atoms with Gasteiger partial charge in [-0.15, -0.1) is 0 Å². The largest absolute Gasteiger partial charge is 0.384 e. The predicted molar refractivity (Wildman–Crippen MR) is 59.5 cm³/mol. The number of hydrogen-bond donors (Lipinski definition) is 3. The fourth-order valence-corrected chi connectivity index (χ4v) is 1.12. The average molecular weight is 225 g/mol. The molecule has 0 saturated carbocycles. The van der Waals surface area contributed by atoms with E-state index in [2.05, 4.69) is 15.3 Å². The fraction of sp³-hybridized carbons (Fsp3) is 0.444. The Balaban J connectivity index is 2.61. The van der Waals surface area contributed by atoms with Gasteiger partial charge in [-0.3, -0.25) is 4.79 Å². The van der Waals surface area contributed by atoms with Crippen LogP contribution in [0.1, 0.15) is 12.2 Å². The van der Waals surface area contributed by atoms with Crippen LogP contribution in [0.25, 0.3) is 0 Å². The molecule has 1 aromatic rings. The van der Waals surface area contributed by atoms with Crippen molar-refractivity contribution in [2.75, 3.05) is 24.7 Å². The third-order valence-corrected chi connectivity index (χ3v) is 1.74. The third kappa shape index (κ3) is 4.09. The lowest BCUT2D eigenvalue weighted by molar-refractivity contribution is -0.117. The van der Waals surface area contributed by atoms with Crippen LogP contribution in [0.15, 0.2) is 6.07 Å². The average Bonchev–Trinajstić information content (AvgIpc) is 2.16. The van der Waals surface area contributed by atoms with Gasteiger partial charge in [0.2, 0.25) is 5.91 Å². The van der Waals surface area contributed by atoms with E-state index in [1.54, 1.807) is 13.2 Å². The van der Waals surface area contributed by atoms with Crippen molar-refractivity contribution in [3.63, 3.8) is 0 Å². The third-order valence-electron chi connectivity index (χ3n) is 1.74. The van der Waals surface area contributed by atoms with Gasteiger partial charge in [-0.25, -0.2) is 9.97 Å². The van der Waals surface area contributed by atoms with Crippen molar-refractivity contribution in [1.29, 1.82) is 0 Å². The summed E-state index contributed by atoms with van der Waals surface area (Å²) in [7, 11) is 1.55. The maximum Gasteiger partial charge on any atom is 0.219 e. The van der Waals surface area contributed by atoms with Crippen molar-refractivity contribution >= 4 is 17.5 Å². The first-order valence-corrected chi connectivity index (χ1v) is 4.76. The summed E-state index contributed by atoms with van der Waals surface area (Å²) >= 11 is 0. The lowest BCUT2D eigenvalue weighted by Gasteiger charge is -2.06. The molecular formula is C9H15N5O2. The fourth-order valence-electron chi connectivity index (χ4n) is 1.12. The van der Waals surface area contributed by atoms with E-state index in [1.165, 1.54) is 0 Å². The van der Waals surface area contributed by atoms with Crippen LogP contribution < -0.4 is 16.8 Å². The molecule has 0 aliphatic carbocycles. The minimum absolute atomic E-state index is 0.240. The van der Waals surface area contributed by atoms with Crippen molar-refractivity contribution < 1.29 is 9.53 Å². The highest BCUT2D eigenvalue weighted by Gasteiger charge is 2.02. The summed E-state index contributed by atoms with van der Waals surface area (Å²) in [6, 6.07) is 1.58. The molecule has 0 atom stereocenters. The molecular weight excluding hydrogens is 210 g/mol. The zero-order valence-corrected chi connectivity index (χ0v) is 9.06. The number of anilines is 2. The number of nitrogens with two attached hydrogens (primary N) is 2. The second-order valence-electron chi connectivity index (χ2n) is 3.17. The van der Waals surface area contributed by atoms with E-state index in [0.717, 1.165) is 0 Å². The van der Waals surface area contributed by atoms with Gasteiger partial charge in [0, 0.05) is 26.1 Å². The first kappa shape index (κ1) is 12.2. The molecule has 7 heteroatoms. The van der Waals surface area contributed by atoms with Crippen molar-refractivity contribution in [3.8, 4) is 0 Å². The van der Waals surface area contributed by atoms with Crippen LogP contribution in [0.2, 0.25) is 0 Å². The van der Waals surface area contributed by atoms with E-state index >= 15 is 0 Å². The minimum atomic E-state index is -0.369. The number of ether oxygens (including phenoxy) is 1. The Morgan fingerprint density at radius 2 is 2.31 bits per heavy atom. The highest BCUT2D eigenvalue weighted by molar-refractivity contribution is 5.74. The van der Waals surface area contributed by atoms with Gasteiger partial charge in [0.25, 0.3) is 0 Å². The van der Waals surface area contributed by atoms with E-state index in [-0.39, 0.29) is 18.9 Å². The number of rotatable bonds is 6. The molecule has 0 saturated heterocycles. The van der Waals surface area contributed by atoms with E-state index < -0.39 is 0 Å². The van der Waals surface area contributed by atoms with Crippen LogP contribution in [0, 0.1) is 0 Å². The molecule has 0 aliphatic heterocycles. The van der Waals surface area contributed by atoms with Gasteiger partial charge < -0.3 is 21.5 Å². The van der Waals surface area contributed by atoms with Crippen LogP contribution >= 0.6 is 0 Å². The maximum absolute atomic E-state index is 10.5. The molecule has 0 aromatic carbocycles. The Labute approximate surface area is 93.2 Å². The number of nitrogens with zero attached hydrogens (tertiary/aromatic N) is 2. The number of nitrogen functional groups attached to an aromatic ring is 1. The van der Waals surface area contributed by atoms with Gasteiger partial charge in [0.05, 0.1) is 0 Å². The van der Waals surface area contributed by atoms with E-state index in [0.29, 0.717) is 24.0 Å². The van der Waals surface area contributed by atoms with E-state index in [9.17, 15) is 4.79 Å². The van der Waals surface area contributed by atoms with E-state index in [4.69, 9.17) is 16.2 Å². The lowest BCUT2D eigenvalue weighted by atomic mass is 10.4. The SMILES string of the molecule is COCc1nc(N)cc(NCCC(N)=O)n1. The summed E-state index contributed by atoms with van der Waals surface area (Å²) in [6.45, 7) is 0.702. The van der Waals surface area contributed by atoms with Gasteiger partial charge in [-0.1, -0.05) is 0 Å². The molecule has 88 valence electrons. The predicted octanol–water partition coefficient (Wildman–Crippen LogP) is -0.507. The minimum Gasteiger partial charge on any atom is -0.384 e. The zero-order valence-electron chi connectivity index (χ0n) is 9.06. The normalized spacial score (nSPS) is 10.1. The molecule has 1 heterocycles. The summed E-state index contributed by atoms with van der Waals surface area (Å²) in [5.74, 6) is 1.03. The smallest absolute Gasteiger partial charge is 0.219 e. The number of aromatic nitrogens is 2. The number of amides is 1. The first-order valence-electron chi connectivity index (χ1n) is 4.76. The molecule has 1 rings (SSSR count). The summed E-state index contributed by atoms with van der Waals surface area (Å²) < 4.78 is 4.90. The molecule has 0 bridgehead atoms. The van der Waals surface area contributed by atoms with Gasteiger partial charge in [-0.2, -0.15) is 0 Å². The quantitative estimate of drug-likeness (QED) is 0.600. The van der Waals surface area contributed by atoms with Crippen molar-refractivity contribution in [1.82, 2.24) is 9.97 Å². The summed E-state index contributed by atoms with van der Waals surface area (Å²) in [6.07, 6.45) is 0.240. The Kier molecular flexibility index (Phi) is 4.46. The molecule has 7 nitrogen and oxygen atoms in total. The molecule has 0 fully saturated rings. The van der Waals surface area contributed by atoms with Crippen LogP contribution in [0.4, 0.5) is 11.6 Å². The maximum atomic E-state index is 10.5. The molecule has 0 aliphatic rings. The second kappa shape index (κ2) is 5.86. The molecule has 1 aromatic heterocycles. The van der Waals surface area contributed by atoms with Gasteiger partial charge in [0.1, 0.15) is 18.2 Å². The van der Waals surface area contributed by atoms with Crippen LogP contribution in [-0.4, -0.2) is 29.5 Å². The summed E-state index contributed by atoms with van der Waals surface area (Å²) in [4.78, 5) is 18.6. The number of carbonyl (C=O) groups is 1. The van der Waals surface area contributed by atoms with Crippen molar-refractivity contribution in [3.05, 3.63) is 11.9 Å². The van der Waals surface area contributed by atoms with Gasteiger partial charge in [0.15, 0.2) is 5.82 Å². The number of hydrogen-bond acceptors (Lipinski definition) is 6.